The second kappa shape index (κ2) is 6.87. The first-order chi connectivity index (χ1) is 9.24. The highest BCUT2D eigenvalue weighted by atomic mass is 15.3. The maximum atomic E-state index is 4.62. The molecule has 1 unspecified atom stereocenters. The molecular weight excluding hydrogens is 236 g/mol. The Kier molecular flexibility index (Phi) is 5.16. The normalized spacial score (nSPS) is 18.6. The Morgan fingerprint density at radius 1 is 1.21 bits per heavy atom. The summed E-state index contributed by atoms with van der Waals surface area (Å²) < 4.78 is 0. The molecule has 0 saturated carbocycles. The molecule has 1 aromatic rings. The Balaban J connectivity index is 1.95. The quantitative estimate of drug-likeness (QED) is 0.878. The smallest absolute Gasteiger partial charge is 0.128 e. The number of pyridine rings is 1. The summed E-state index contributed by atoms with van der Waals surface area (Å²) in [6, 6.07) is 4.73. The molecule has 1 N–H and O–H groups in total. The monoisotopic (exact) mass is 262 g/mol. The van der Waals surface area contributed by atoms with Crippen molar-refractivity contribution in [1.29, 1.82) is 0 Å². The van der Waals surface area contributed by atoms with Crippen LogP contribution in [0, 0.1) is 0 Å². The van der Waals surface area contributed by atoms with Gasteiger partial charge in [0.1, 0.15) is 5.82 Å². The second-order valence-corrected chi connectivity index (χ2v) is 5.15. The molecule has 4 nitrogen and oxygen atoms in total. The molecule has 0 aromatic carbocycles. The number of piperazine rings is 1. The standard InChI is InChI=1S/C15H26N4/c1-4-16-13(3)14-6-7-15(17-12-14)19-10-8-18(5-2)9-11-19/h6-7,12-13,16H,4-5,8-11H2,1-3H3. The van der Waals surface area contributed by atoms with Crippen LogP contribution in [-0.2, 0) is 0 Å². The van der Waals surface area contributed by atoms with E-state index in [-0.39, 0.29) is 0 Å². The van der Waals surface area contributed by atoms with Gasteiger partial charge >= 0.3 is 0 Å². The molecule has 1 aliphatic rings. The Bertz CT molecular complexity index is 368. The molecule has 19 heavy (non-hydrogen) atoms. The molecule has 0 radical (unpaired) electrons. The molecule has 0 bridgehead atoms. The number of hydrogen-bond donors (Lipinski definition) is 1. The first kappa shape index (κ1) is 14.3. The minimum absolute atomic E-state index is 0.378. The number of nitrogens with zero attached hydrogens (tertiary/aromatic N) is 3. The van der Waals surface area contributed by atoms with E-state index in [1.807, 2.05) is 6.20 Å². The van der Waals surface area contributed by atoms with E-state index in [0.29, 0.717) is 6.04 Å². The number of anilines is 1. The number of aromatic nitrogens is 1. The Morgan fingerprint density at radius 3 is 2.47 bits per heavy atom. The lowest BCUT2D eigenvalue weighted by molar-refractivity contribution is 0.270. The fourth-order valence-electron chi connectivity index (χ4n) is 2.56. The zero-order valence-corrected chi connectivity index (χ0v) is 12.4. The summed E-state index contributed by atoms with van der Waals surface area (Å²) in [5.74, 6) is 1.11. The predicted molar refractivity (Wildman–Crippen MR) is 80.7 cm³/mol. The summed E-state index contributed by atoms with van der Waals surface area (Å²) in [6.45, 7) is 13.1. The average molecular weight is 262 g/mol. The van der Waals surface area contributed by atoms with Gasteiger partial charge in [0.2, 0.25) is 0 Å². The Labute approximate surface area is 116 Å². The van der Waals surface area contributed by atoms with E-state index >= 15 is 0 Å². The molecule has 1 fully saturated rings. The van der Waals surface area contributed by atoms with Crippen LogP contribution in [0.3, 0.4) is 0 Å². The zero-order chi connectivity index (χ0) is 13.7. The molecule has 1 aliphatic heterocycles. The van der Waals surface area contributed by atoms with E-state index in [1.54, 1.807) is 0 Å². The van der Waals surface area contributed by atoms with Crippen LogP contribution in [0.15, 0.2) is 18.3 Å². The average Bonchev–Trinajstić information content (AvgIpc) is 2.48. The highest BCUT2D eigenvalue weighted by molar-refractivity contribution is 5.40. The van der Waals surface area contributed by atoms with Gasteiger partial charge in [0.05, 0.1) is 0 Å². The summed E-state index contributed by atoms with van der Waals surface area (Å²) in [4.78, 5) is 9.49. The minimum Gasteiger partial charge on any atom is -0.354 e. The molecular formula is C15H26N4. The van der Waals surface area contributed by atoms with Crippen LogP contribution in [-0.4, -0.2) is 49.2 Å². The molecule has 2 rings (SSSR count). The topological polar surface area (TPSA) is 31.4 Å². The van der Waals surface area contributed by atoms with Crippen molar-refractivity contribution in [2.45, 2.75) is 26.8 Å². The SMILES string of the molecule is CCNC(C)c1ccc(N2CCN(CC)CC2)nc1. The van der Waals surface area contributed by atoms with Gasteiger partial charge in [0, 0.05) is 38.4 Å². The van der Waals surface area contributed by atoms with E-state index in [2.05, 4.69) is 53.0 Å². The van der Waals surface area contributed by atoms with Crippen LogP contribution in [0.25, 0.3) is 0 Å². The van der Waals surface area contributed by atoms with E-state index in [0.717, 1.165) is 45.1 Å². The van der Waals surface area contributed by atoms with Gasteiger partial charge in [0.15, 0.2) is 0 Å². The van der Waals surface area contributed by atoms with Crippen LogP contribution in [0.5, 0.6) is 0 Å². The van der Waals surface area contributed by atoms with Crippen LogP contribution >= 0.6 is 0 Å². The van der Waals surface area contributed by atoms with Crippen molar-refractivity contribution in [3.05, 3.63) is 23.9 Å². The molecule has 2 heterocycles. The van der Waals surface area contributed by atoms with Gasteiger partial charge in [0.25, 0.3) is 0 Å². The minimum atomic E-state index is 0.378. The molecule has 1 saturated heterocycles. The fourth-order valence-corrected chi connectivity index (χ4v) is 2.56. The highest BCUT2D eigenvalue weighted by Crippen LogP contribution is 2.17. The largest absolute Gasteiger partial charge is 0.354 e. The molecule has 1 atom stereocenters. The maximum Gasteiger partial charge on any atom is 0.128 e. The van der Waals surface area contributed by atoms with Crippen LogP contribution in [0.1, 0.15) is 32.4 Å². The summed E-state index contributed by atoms with van der Waals surface area (Å²) in [5.41, 5.74) is 1.26. The summed E-state index contributed by atoms with van der Waals surface area (Å²) in [7, 11) is 0. The fraction of sp³-hybridized carbons (Fsp3) is 0.667. The molecule has 1 aromatic heterocycles. The third-order valence-electron chi connectivity index (χ3n) is 3.92. The number of hydrogen-bond acceptors (Lipinski definition) is 4. The van der Waals surface area contributed by atoms with Gasteiger partial charge in [-0.2, -0.15) is 0 Å². The Morgan fingerprint density at radius 2 is 1.95 bits per heavy atom. The van der Waals surface area contributed by atoms with E-state index in [4.69, 9.17) is 0 Å². The number of rotatable bonds is 5. The zero-order valence-electron chi connectivity index (χ0n) is 12.4. The van der Waals surface area contributed by atoms with E-state index in [9.17, 15) is 0 Å². The Hall–Kier alpha value is -1.13. The second-order valence-electron chi connectivity index (χ2n) is 5.15. The van der Waals surface area contributed by atoms with Crippen LogP contribution < -0.4 is 10.2 Å². The highest BCUT2D eigenvalue weighted by Gasteiger charge is 2.16. The molecule has 0 spiro atoms. The van der Waals surface area contributed by atoms with Crippen LogP contribution in [0.4, 0.5) is 5.82 Å². The summed E-state index contributed by atoms with van der Waals surface area (Å²) in [6.07, 6.45) is 2.01. The van der Waals surface area contributed by atoms with Crippen molar-refractivity contribution >= 4 is 5.82 Å². The third-order valence-corrected chi connectivity index (χ3v) is 3.92. The third kappa shape index (κ3) is 3.67. The number of likely N-dealkylation sites (N-methyl/N-ethyl adjacent to an activating group) is 1. The van der Waals surface area contributed by atoms with Gasteiger partial charge in [-0.25, -0.2) is 4.98 Å². The summed E-state index contributed by atoms with van der Waals surface area (Å²) >= 11 is 0. The molecule has 106 valence electrons. The van der Waals surface area contributed by atoms with Crippen molar-refractivity contribution < 1.29 is 0 Å². The van der Waals surface area contributed by atoms with Gasteiger partial charge in [-0.1, -0.05) is 19.9 Å². The lowest BCUT2D eigenvalue weighted by atomic mass is 10.1. The van der Waals surface area contributed by atoms with Crippen molar-refractivity contribution in [3.8, 4) is 0 Å². The van der Waals surface area contributed by atoms with Gasteiger partial charge in [-0.05, 0) is 31.6 Å². The van der Waals surface area contributed by atoms with E-state index < -0.39 is 0 Å². The summed E-state index contributed by atoms with van der Waals surface area (Å²) in [5, 5.41) is 3.41. The molecule has 0 aliphatic carbocycles. The van der Waals surface area contributed by atoms with Gasteiger partial charge in [-0.3, -0.25) is 0 Å². The van der Waals surface area contributed by atoms with Gasteiger partial charge < -0.3 is 15.1 Å². The lowest BCUT2D eigenvalue weighted by Gasteiger charge is -2.34. The maximum absolute atomic E-state index is 4.62. The first-order valence-electron chi connectivity index (χ1n) is 7.41. The van der Waals surface area contributed by atoms with Gasteiger partial charge in [-0.15, -0.1) is 0 Å². The molecule has 4 heteroatoms. The predicted octanol–water partition coefficient (Wildman–Crippen LogP) is 1.89. The first-order valence-corrected chi connectivity index (χ1v) is 7.41. The van der Waals surface area contributed by atoms with Crippen molar-refractivity contribution in [1.82, 2.24) is 15.2 Å². The number of nitrogens with one attached hydrogen (secondary N) is 1. The van der Waals surface area contributed by atoms with Crippen molar-refractivity contribution in [2.75, 3.05) is 44.2 Å². The molecule has 0 amide bonds. The van der Waals surface area contributed by atoms with Crippen LogP contribution in [0.2, 0.25) is 0 Å². The van der Waals surface area contributed by atoms with E-state index in [1.165, 1.54) is 5.56 Å². The van der Waals surface area contributed by atoms with Crippen molar-refractivity contribution in [2.24, 2.45) is 0 Å². The lowest BCUT2D eigenvalue weighted by Crippen LogP contribution is -2.46. The van der Waals surface area contributed by atoms with Crippen molar-refractivity contribution in [3.63, 3.8) is 0 Å².